The minimum atomic E-state index is -3.79. The van der Waals surface area contributed by atoms with Crippen molar-refractivity contribution in [3.05, 3.63) is 53.6 Å². The first-order valence-corrected chi connectivity index (χ1v) is 8.91. The summed E-state index contributed by atoms with van der Waals surface area (Å²) in [6, 6.07) is 11.6. The van der Waals surface area contributed by atoms with Crippen molar-refractivity contribution < 1.29 is 17.9 Å². The van der Waals surface area contributed by atoms with Gasteiger partial charge in [-0.2, -0.15) is 4.72 Å². The molecule has 0 bridgehead atoms. The van der Waals surface area contributed by atoms with Gasteiger partial charge in [0.05, 0.1) is 23.7 Å². The van der Waals surface area contributed by atoms with E-state index in [1.165, 1.54) is 32.2 Å². The maximum Gasteiger partial charge on any atom is 0.242 e. The van der Waals surface area contributed by atoms with Crippen LogP contribution in [0, 0.1) is 0 Å². The molecule has 0 spiro atoms. The zero-order chi connectivity index (χ0) is 17.7. The van der Waals surface area contributed by atoms with Crippen LogP contribution >= 0.6 is 11.6 Å². The van der Waals surface area contributed by atoms with Gasteiger partial charge in [-0.15, -0.1) is 0 Å². The second-order valence-electron chi connectivity index (χ2n) is 4.99. The molecule has 0 aliphatic rings. The molecule has 2 N–H and O–H groups in total. The van der Waals surface area contributed by atoms with Crippen LogP contribution in [-0.4, -0.2) is 27.5 Å². The van der Waals surface area contributed by atoms with Crippen molar-refractivity contribution in [3.8, 4) is 5.75 Å². The van der Waals surface area contributed by atoms with E-state index in [1.807, 2.05) is 0 Å². The molecule has 0 aliphatic carbocycles. The fourth-order valence-corrected chi connectivity index (χ4v) is 3.37. The lowest BCUT2D eigenvalue weighted by molar-refractivity contribution is -0.117. The van der Waals surface area contributed by atoms with Crippen LogP contribution in [0.3, 0.4) is 0 Å². The van der Waals surface area contributed by atoms with E-state index in [0.29, 0.717) is 16.5 Å². The molecule has 0 saturated carbocycles. The van der Waals surface area contributed by atoms with Crippen LogP contribution in [0.25, 0.3) is 0 Å². The quantitative estimate of drug-likeness (QED) is 0.820. The number of carbonyl (C=O) groups excluding carboxylic acids is 1. The Morgan fingerprint density at radius 2 is 1.83 bits per heavy atom. The van der Waals surface area contributed by atoms with Gasteiger partial charge >= 0.3 is 0 Å². The number of hydrogen-bond acceptors (Lipinski definition) is 4. The van der Waals surface area contributed by atoms with E-state index in [0.717, 1.165) is 0 Å². The van der Waals surface area contributed by atoms with Gasteiger partial charge in [0.25, 0.3) is 0 Å². The van der Waals surface area contributed by atoms with Crippen LogP contribution in [0.4, 0.5) is 5.69 Å². The van der Waals surface area contributed by atoms with Crippen LogP contribution in [-0.2, 0) is 14.8 Å². The second-order valence-corrected chi connectivity index (χ2v) is 7.14. The topological polar surface area (TPSA) is 84.5 Å². The highest BCUT2D eigenvalue weighted by Gasteiger charge is 2.22. The first kappa shape index (κ1) is 18.3. The van der Waals surface area contributed by atoms with Crippen LogP contribution in [0.5, 0.6) is 5.75 Å². The third-order valence-electron chi connectivity index (χ3n) is 3.20. The number of nitrogens with one attached hydrogen (secondary N) is 2. The minimum Gasteiger partial charge on any atom is -0.495 e. The summed E-state index contributed by atoms with van der Waals surface area (Å²) in [5.74, 6) is -0.110. The number of hydrogen-bond donors (Lipinski definition) is 2. The number of halogens is 1. The standard InChI is InChI=1S/C16H17ClN2O4S/c1-11(19-24(21,22)13-6-4-3-5-7-13)16(20)18-14-10-12(17)8-9-15(14)23-2/h3-11,19H,1-2H3,(H,18,20)/t11-/m1/s1. The van der Waals surface area contributed by atoms with E-state index in [-0.39, 0.29) is 4.90 Å². The van der Waals surface area contributed by atoms with Crippen molar-refractivity contribution in [2.24, 2.45) is 0 Å². The van der Waals surface area contributed by atoms with Gasteiger partial charge in [-0.1, -0.05) is 29.8 Å². The van der Waals surface area contributed by atoms with E-state index in [4.69, 9.17) is 16.3 Å². The molecule has 2 aromatic carbocycles. The van der Waals surface area contributed by atoms with Gasteiger partial charge < -0.3 is 10.1 Å². The van der Waals surface area contributed by atoms with Gasteiger partial charge in [0.1, 0.15) is 5.75 Å². The predicted octanol–water partition coefficient (Wildman–Crippen LogP) is 2.65. The predicted molar refractivity (Wildman–Crippen MR) is 92.9 cm³/mol. The van der Waals surface area contributed by atoms with Crippen molar-refractivity contribution in [2.45, 2.75) is 17.9 Å². The molecule has 0 saturated heterocycles. The van der Waals surface area contributed by atoms with Crippen molar-refractivity contribution in [1.29, 1.82) is 0 Å². The van der Waals surface area contributed by atoms with E-state index < -0.39 is 22.0 Å². The summed E-state index contributed by atoms with van der Waals surface area (Å²) in [4.78, 5) is 12.4. The van der Waals surface area contributed by atoms with Crippen molar-refractivity contribution in [1.82, 2.24) is 4.72 Å². The average molecular weight is 369 g/mol. The lowest BCUT2D eigenvalue weighted by Crippen LogP contribution is -2.41. The Hall–Kier alpha value is -2.09. The molecule has 128 valence electrons. The smallest absolute Gasteiger partial charge is 0.242 e. The summed E-state index contributed by atoms with van der Waals surface area (Å²) < 4.78 is 31.9. The summed E-state index contributed by atoms with van der Waals surface area (Å²) in [7, 11) is -2.33. The highest BCUT2D eigenvalue weighted by Crippen LogP contribution is 2.27. The fourth-order valence-electron chi connectivity index (χ4n) is 1.97. The molecule has 0 fully saturated rings. The van der Waals surface area contributed by atoms with Crippen LogP contribution in [0.1, 0.15) is 6.92 Å². The Labute approximate surface area is 145 Å². The highest BCUT2D eigenvalue weighted by atomic mass is 35.5. The first-order valence-electron chi connectivity index (χ1n) is 7.05. The SMILES string of the molecule is COc1ccc(Cl)cc1NC(=O)[C@@H](C)NS(=O)(=O)c1ccccc1. The summed E-state index contributed by atoms with van der Waals surface area (Å²) in [5, 5.41) is 3.02. The molecule has 6 nitrogen and oxygen atoms in total. The maximum atomic E-state index is 12.3. The summed E-state index contributed by atoms with van der Waals surface area (Å²) >= 11 is 5.90. The van der Waals surface area contributed by atoms with E-state index in [2.05, 4.69) is 10.0 Å². The zero-order valence-corrected chi connectivity index (χ0v) is 14.7. The molecule has 0 heterocycles. The number of amides is 1. The molecule has 0 unspecified atom stereocenters. The van der Waals surface area contributed by atoms with Crippen LogP contribution in [0.2, 0.25) is 5.02 Å². The third kappa shape index (κ3) is 4.47. The van der Waals surface area contributed by atoms with Crippen molar-refractivity contribution >= 4 is 33.2 Å². The lowest BCUT2D eigenvalue weighted by Gasteiger charge is -2.16. The molecule has 2 rings (SSSR count). The molecule has 8 heteroatoms. The molecule has 0 aromatic heterocycles. The molecule has 1 amide bonds. The Balaban J connectivity index is 2.12. The zero-order valence-electron chi connectivity index (χ0n) is 13.1. The Morgan fingerprint density at radius 3 is 2.46 bits per heavy atom. The van der Waals surface area contributed by atoms with Gasteiger partial charge in [0.2, 0.25) is 15.9 Å². The van der Waals surface area contributed by atoms with Gasteiger partial charge in [0, 0.05) is 5.02 Å². The molecule has 2 aromatic rings. The van der Waals surface area contributed by atoms with Gasteiger partial charge in [-0.05, 0) is 37.3 Å². The average Bonchev–Trinajstić information content (AvgIpc) is 2.55. The molecular formula is C16H17ClN2O4S. The second kappa shape index (κ2) is 7.65. The Morgan fingerprint density at radius 1 is 1.17 bits per heavy atom. The number of sulfonamides is 1. The molecule has 24 heavy (non-hydrogen) atoms. The van der Waals surface area contributed by atoms with E-state index in [9.17, 15) is 13.2 Å². The summed E-state index contributed by atoms with van der Waals surface area (Å²) in [5.41, 5.74) is 0.362. The normalized spacial score (nSPS) is 12.5. The number of ether oxygens (including phenoxy) is 1. The summed E-state index contributed by atoms with van der Waals surface area (Å²) in [6.45, 7) is 1.45. The molecule has 1 atom stereocenters. The maximum absolute atomic E-state index is 12.3. The molecule has 0 radical (unpaired) electrons. The van der Waals surface area contributed by atoms with Crippen molar-refractivity contribution in [2.75, 3.05) is 12.4 Å². The number of rotatable bonds is 6. The number of anilines is 1. The van der Waals surface area contributed by atoms with Crippen LogP contribution in [0.15, 0.2) is 53.4 Å². The molecule has 0 aliphatic heterocycles. The lowest BCUT2D eigenvalue weighted by atomic mass is 10.2. The Kier molecular flexibility index (Phi) is 5.82. The molecular weight excluding hydrogens is 352 g/mol. The van der Waals surface area contributed by atoms with E-state index >= 15 is 0 Å². The fraction of sp³-hybridized carbons (Fsp3) is 0.188. The number of carbonyl (C=O) groups is 1. The number of benzene rings is 2. The van der Waals surface area contributed by atoms with Gasteiger partial charge in [0.15, 0.2) is 0 Å². The minimum absolute atomic E-state index is 0.0880. The third-order valence-corrected chi connectivity index (χ3v) is 4.99. The first-order chi connectivity index (χ1) is 11.3. The van der Waals surface area contributed by atoms with Crippen molar-refractivity contribution in [3.63, 3.8) is 0 Å². The van der Waals surface area contributed by atoms with E-state index in [1.54, 1.807) is 30.3 Å². The Bertz CT molecular complexity index is 825. The summed E-state index contributed by atoms with van der Waals surface area (Å²) in [6.07, 6.45) is 0. The van der Waals surface area contributed by atoms with Gasteiger partial charge in [-0.25, -0.2) is 8.42 Å². The number of methoxy groups -OCH3 is 1. The van der Waals surface area contributed by atoms with Crippen LogP contribution < -0.4 is 14.8 Å². The van der Waals surface area contributed by atoms with Gasteiger partial charge in [-0.3, -0.25) is 4.79 Å². The monoisotopic (exact) mass is 368 g/mol. The largest absolute Gasteiger partial charge is 0.495 e. The highest BCUT2D eigenvalue weighted by molar-refractivity contribution is 7.89.